The second kappa shape index (κ2) is 7.34. The van der Waals surface area contributed by atoms with Crippen LogP contribution in [0.2, 0.25) is 0 Å². The summed E-state index contributed by atoms with van der Waals surface area (Å²) >= 11 is 0. The van der Waals surface area contributed by atoms with Crippen molar-refractivity contribution in [2.24, 2.45) is 0 Å². The highest BCUT2D eigenvalue weighted by molar-refractivity contribution is 6.12. The van der Waals surface area contributed by atoms with Crippen molar-refractivity contribution in [1.82, 2.24) is 0 Å². The number of nitrogens with zero attached hydrogens (tertiary/aromatic N) is 1. The van der Waals surface area contributed by atoms with Gasteiger partial charge in [0, 0.05) is 11.1 Å². The van der Waals surface area contributed by atoms with Crippen molar-refractivity contribution in [2.45, 2.75) is 6.18 Å². The molecule has 27 heavy (non-hydrogen) atoms. The molecular weight excluding hydrogens is 353 g/mol. The zero-order chi connectivity index (χ0) is 19.4. The Morgan fingerprint density at radius 2 is 1.63 bits per heavy atom. The van der Waals surface area contributed by atoms with Crippen LogP contribution in [-0.2, 0) is 11.0 Å². The van der Waals surface area contributed by atoms with Crippen LogP contribution in [0.4, 0.5) is 18.9 Å². The second-order valence-electron chi connectivity index (χ2n) is 5.77. The Balaban J connectivity index is 1.86. The molecule has 0 aliphatic carbocycles. The Morgan fingerprint density at radius 1 is 0.963 bits per heavy atom. The number of halogens is 3. The maximum absolute atomic E-state index is 12.6. The largest absolute Gasteiger partial charge is 0.416 e. The molecule has 1 amide bonds. The van der Waals surface area contributed by atoms with Crippen LogP contribution in [0, 0.1) is 11.3 Å². The average molecular weight is 366 g/mol. The van der Waals surface area contributed by atoms with E-state index in [4.69, 9.17) is 0 Å². The summed E-state index contributed by atoms with van der Waals surface area (Å²) < 4.78 is 37.8. The maximum atomic E-state index is 12.6. The van der Waals surface area contributed by atoms with E-state index >= 15 is 0 Å². The molecular formula is C21H13F3N2O. The summed E-state index contributed by atoms with van der Waals surface area (Å²) in [7, 11) is 0. The number of anilines is 1. The third-order valence-electron chi connectivity index (χ3n) is 3.95. The molecule has 0 aromatic heterocycles. The molecule has 0 atom stereocenters. The Labute approximate surface area is 153 Å². The molecule has 0 aliphatic rings. The standard InChI is InChI=1S/C21H13F3N2O/c22-21(23,24)17-10-8-14(9-11-17)12-16(13-25)20(27)26-19-7-3-5-15-4-1-2-6-18(15)19/h1-12H,(H,26,27)/b16-12+. The number of carbonyl (C=O) groups excluding carboxylic acids is 1. The van der Waals surface area contributed by atoms with Crippen LogP contribution in [0.25, 0.3) is 16.8 Å². The lowest BCUT2D eigenvalue weighted by Gasteiger charge is -2.08. The summed E-state index contributed by atoms with van der Waals surface area (Å²) in [5.41, 5.74) is -0.125. The monoisotopic (exact) mass is 366 g/mol. The van der Waals surface area contributed by atoms with Crippen molar-refractivity contribution in [2.75, 3.05) is 5.32 Å². The van der Waals surface area contributed by atoms with Gasteiger partial charge in [0.2, 0.25) is 0 Å². The Kier molecular flexibility index (Phi) is 4.95. The van der Waals surface area contributed by atoms with Crippen LogP contribution in [0.3, 0.4) is 0 Å². The number of fused-ring (bicyclic) bond motifs is 1. The summed E-state index contributed by atoms with van der Waals surface area (Å²) in [6, 6.07) is 18.9. The van der Waals surface area contributed by atoms with E-state index in [1.54, 1.807) is 18.2 Å². The van der Waals surface area contributed by atoms with Gasteiger partial charge < -0.3 is 5.32 Å². The van der Waals surface area contributed by atoms with Crippen molar-refractivity contribution in [3.8, 4) is 6.07 Å². The summed E-state index contributed by atoms with van der Waals surface area (Å²) in [5.74, 6) is -0.631. The molecule has 134 valence electrons. The zero-order valence-corrected chi connectivity index (χ0v) is 13.9. The average Bonchev–Trinajstić information content (AvgIpc) is 2.66. The molecule has 0 bridgehead atoms. The molecule has 0 saturated carbocycles. The van der Waals surface area contributed by atoms with Crippen LogP contribution in [0.15, 0.2) is 72.3 Å². The van der Waals surface area contributed by atoms with Gasteiger partial charge in [0.05, 0.1) is 5.56 Å². The zero-order valence-electron chi connectivity index (χ0n) is 13.9. The summed E-state index contributed by atoms with van der Waals surface area (Å²) in [4.78, 5) is 12.4. The first-order chi connectivity index (χ1) is 12.9. The first-order valence-electron chi connectivity index (χ1n) is 7.96. The molecule has 3 rings (SSSR count). The first-order valence-corrected chi connectivity index (χ1v) is 7.96. The molecule has 0 radical (unpaired) electrons. The quantitative estimate of drug-likeness (QED) is 0.498. The van der Waals surface area contributed by atoms with E-state index in [0.717, 1.165) is 22.9 Å². The highest BCUT2D eigenvalue weighted by atomic mass is 19.4. The van der Waals surface area contributed by atoms with Crippen LogP contribution in [-0.4, -0.2) is 5.91 Å². The molecule has 3 aromatic rings. The van der Waals surface area contributed by atoms with Gasteiger partial charge in [-0.25, -0.2) is 0 Å². The van der Waals surface area contributed by atoms with Gasteiger partial charge in [0.1, 0.15) is 11.6 Å². The van der Waals surface area contributed by atoms with Crippen LogP contribution >= 0.6 is 0 Å². The molecule has 3 nitrogen and oxygen atoms in total. The van der Waals surface area contributed by atoms with Gasteiger partial charge in [0.25, 0.3) is 5.91 Å². The number of carbonyl (C=O) groups is 1. The van der Waals surface area contributed by atoms with Crippen molar-refractivity contribution in [3.05, 3.63) is 83.4 Å². The van der Waals surface area contributed by atoms with E-state index in [2.05, 4.69) is 5.32 Å². The summed E-state index contributed by atoms with van der Waals surface area (Å²) in [6.07, 6.45) is -3.19. The van der Waals surface area contributed by atoms with Crippen LogP contribution in [0.1, 0.15) is 11.1 Å². The molecule has 1 N–H and O–H groups in total. The molecule has 0 aliphatic heterocycles. The first kappa shape index (κ1) is 18.2. The highest BCUT2D eigenvalue weighted by Gasteiger charge is 2.29. The number of hydrogen-bond donors (Lipinski definition) is 1. The Morgan fingerprint density at radius 3 is 2.30 bits per heavy atom. The van der Waals surface area contributed by atoms with E-state index in [1.165, 1.54) is 18.2 Å². The lowest BCUT2D eigenvalue weighted by atomic mass is 10.1. The number of hydrogen-bond acceptors (Lipinski definition) is 2. The van der Waals surface area contributed by atoms with Gasteiger partial charge in [-0.3, -0.25) is 4.79 Å². The van der Waals surface area contributed by atoms with Gasteiger partial charge in [0.15, 0.2) is 0 Å². The van der Waals surface area contributed by atoms with Gasteiger partial charge >= 0.3 is 6.18 Å². The number of nitriles is 1. The number of nitrogens with one attached hydrogen (secondary N) is 1. The predicted molar refractivity (Wildman–Crippen MR) is 97.6 cm³/mol. The fourth-order valence-electron chi connectivity index (χ4n) is 2.61. The van der Waals surface area contributed by atoms with E-state index in [1.807, 2.05) is 30.3 Å². The van der Waals surface area contributed by atoms with Gasteiger partial charge in [-0.15, -0.1) is 0 Å². The molecule has 0 saturated heterocycles. The third kappa shape index (κ3) is 4.15. The molecule has 0 unspecified atom stereocenters. The minimum Gasteiger partial charge on any atom is -0.321 e. The van der Waals surface area contributed by atoms with E-state index in [0.29, 0.717) is 11.3 Å². The minimum atomic E-state index is -4.44. The van der Waals surface area contributed by atoms with Crippen LogP contribution in [0.5, 0.6) is 0 Å². The SMILES string of the molecule is N#C/C(=C\c1ccc(C(F)(F)F)cc1)C(=O)Nc1cccc2ccccc12. The number of amides is 1. The molecule has 0 fully saturated rings. The third-order valence-corrected chi connectivity index (χ3v) is 3.95. The fourth-order valence-corrected chi connectivity index (χ4v) is 2.61. The van der Waals surface area contributed by atoms with Crippen LogP contribution < -0.4 is 5.32 Å². The Hall–Kier alpha value is -3.59. The number of alkyl halides is 3. The molecule has 0 spiro atoms. The van der Waals surface area contributed by atoms with Crippen molar-refractivity contribution in [1.29, 1.82) is 5.26 Å². The second-order valence-corrected chi connectivity index (χ2v) is 5.77. The molecule has 6 heteroatoms. The van der Waals surface area contributed by atoms with E-state index in [9.17, 15) is 23.2 Å². The highest BCUT2D eigenvalue weighted by Crippen LogP contribution is 2.29. The smallest absolute Gasteiger partial charge is 0.321 e. The van der Waals surface area contributed by atoms with Crippen molar-refractivity contribution < 1.29 is 18.0 Å². The van der Waals surface area contributed by atoms with Gasteiger partial charge in [-0.05, 0) is 35.2 Å². The topological polar surface area (TPSA) is 52.9 Å². The van der Waals surface area contributed by atoms with Crippen molar-refractivity contribution >= 4 is 28.4 Å². The lowest BCUT2D eigenvalue weighted by Crippen LogP contribution is -2.13. The fraction of sp³-hybridized carbons (Fsp3) is 0.0476. The predicted octanol–water partition coefficient (Wildman–Crippen LogP) is 5.40. The number of benzene rings is 3. The number of rotatable bonds is 3. The molecule has 0 heterocycles. The lowest BCUT2D eigenvalue weighted by molar-refractivity contribution is -0.137. The van der Waals surface area contributed by atoms with Crippen molar-refractivity contribution in [3.63, 3.8) is 0 Å². The van der Waals surface area contributed by atoms with E-state index < -0.39 is 17.6 Å². The Bertz CT molecular complexity index is 1060. The maximum Gasteiger partial charge on any atom is 0.416 e. The van der Waals surface area contributed by atoms with Gasteiger partial charge in [-0.2, -0.15) is 18.4 Å². The van der Waals surface area contributed by atoms with E-state index in [-0.39, 0.29) is 5.57 Å². The minimum absolute atomic E-state index is 0.206. The van der Waals surface area contributed by atoms with Gasteiger partial charge in [-0.1, -0.05) is 48.5 Å². The summed E-state index contributed by atoms with van der Waals surface area (Å²) in [6.45, 7) is 0. The summed E-state index contributed by atoms with van der Waals surface area (Å²) in [5, 5.41) is 13.7. The normalized spacial score (nSPS) is 11.9. The molecule has 3 aromatic carbocycles.